The van der Waals surface area contributed by atoms with Crippen LogP contribution in [-0.2, 0) is 14.8 Å². The first-order chi connectivity index (χ1) is 13.5. The highest BCUT2D eigenvalue weighted by atomic mass is 32.2. The van der Waals surface area contributed by atoms with Crippen molar-refractivity contribution in [3.8, 4) is 23.8 Å². The van der Waals surface area contributed by atoms with Crippen molar-refractivity contribution in [3.63, 3.8) is 0 Å². The number of sulfonamides is 1. The Hall–Kier alpha value is -2.24. The van der Waals surface area contributed by atoms with E-state index in [1.807, 2.05) is 0 Å². The Morgan fingerprint density at radius 3 is 2.75 bits per heavy atom. The quantitative estimate of drug-likeness (QED) is 0.770. The number of fused-ring (bicyclic) bond motifs is 2. The van der Waals surface area contributed by atoms with Crippen molar-refractivity contribution >= 4 is 15.9 Å². The molecule has 1 aromatic rings. The summed E-state index contributed by atoms with van der Waals surface area (Å²) < 4.78 is 39.6. The number of terminal acetylenes is 1. The molecular formula is C20H24N2O5S. The van der Waals surface area contributed by atoms with Crippen LogP contribution in [0.1, 0.15) is 32.1 Å². The molecule has 1 saturated carbocycles. The van der Waals surface area contributed by atoms with Gasteiger partial charge in [0.25, 0.3) is 0 Å². The van der Waals surface area contributed by atoms with Gasteiger partial charge < -0.3 is 14.8 Å². The van der Waals surface area contributed by atoms with Crippen molar-refractivity contribution in [2.45, 2.75) is 49.1 Å². The van der Waals surface area contributed by atoms with Crippen molar-refractivity contribution in [1.29, 1.82) is 0 Å². The molecule has 1 aromatic carbocycles. The van der Waals surface area contributed by atoms with Gasteiger partial charge in [-0.25, -0.2) is 8.42 Å². The Bertz CT molecular complexity index is 908. The lowest BCUT2D eigenvalue weighted by Crippen LogP contribution is -2.49. The summed E-state index contributed by atoms with van der Waals surface area (Å²) in [4.78, 5) is 12.8. The maximum Gasteiger partial charge on any atom is 0.244 e. The van der Waals surface area contributed by atoms with Crippen molar-refractivity contribution < 1.29 is 22.7 Å². The number of rotatable bonds is 4. The molecule has 1 aliphatic carbocycles. The van der Waals surface area contributed by atoms with E-state index in [-0.39, 0.29) is 29.3 Å². The van der Waals surface area contributed by atoms with Gasteiger partial charge in [-0.3, -0.25) is 4.79 Å². The van der Waals surface area contributed by atoms with Gasteiger partial charge >= 0.3 is 0 Å². The first-order valence-corrected chi connectivity index (χ1v) is 11.1. The van der Waals surface area contributed by atoms with E-state index in [9.17, 15) is 13.2 Å². The highest BCUT2D eigenvalue weighted by molar-refractivity contribution is 7.89. The van der Waals surface area contributed by atoms with Gasteiger partial charge in [-0.05, 0) is 37.3 Å². The molecule has 7 nitrogen and oxygen atoms in total. The predicted molar refractivity (Wildman–Crippen MR) is 102 cm³/mol. The van der Waals surface area contributed by atoms with Crippen LogP contribution in [0.4, 0.5) is 0 Å². The number of ether oxygens (including phenoxy) is 2. The van der Waals surface area contributed by atoms with E-state index in [0.29, 0.717) is 31.1 Å². The first-order valence-electron chi connectivity index (χ1n) is 9.66. The van der Waals surface area contributed by atoms with Crippen LogP contribution in [-0.4, -0.2) is 50.5 Å². The highest BCUT2D eigenvalue weighted by Crippen LogP contribution is 2.43. The van der Waals surface area contributed by atoms with Crippen molar-refractivity contribution in [1.82, 2.24) is 9.62 Å². The SMILES string of the molecule is C#CCNC(=O)[C@@H]1C[C@H]2CCCC[C@H]2N1S(=O)(=O)c1ccc2c(c1)OCCO2. The largest absolute Gasteiger partial charge is 0.486 e. The number of nitrogens with zero attached hydrogens (tertiary/aromatic N) is 1. The van der Waals surface area contributed by atoms with Gasteiger partial charge in [0, 0.05) is 12.1 Å². The maximum atomic E-state index is 13.6. The lowest BCUT2D eigenvalue weighted by atomic mass is 9.85. The fourth-order valence-corrected chi connectivity index (χ4v) is 6.44. The van der Waals surface area contributed by atoms with Crippen LogP contribution in [0.15, 0.2) is 23.1 Å². The van der Waals surface area contributed by atoms with Crippen molar-refractivity contribution in [2.75, 3.05) is 19.8 Å². The van der Waals surface area contributed by atoms with Crippen LogP contribution in [0, 0.1) is 18.3 Å². The maximum absolute atomic E-state index is 13.6. The van der Waals surface area contributed by atoms with Crippen LogP contribution in [0.3, 0.4) is 0 Å². The number of hydrogen-bond acceptors (Lipinski definition) is 5. The van der Waals surface area contributed by atoms with Crippen molar-refractivity contribution in [2.24, 2.45) is 5.92 Å². The molecule has 150 valence electrons. The normalized spacial score (nSPS) is 26.9. The van der Waals surface area contributed by atoms with Gasteiger partial charge in [0.05, 0.1) is 11.4 Å². The van der Waals surface area contributed by atoms with Crippen LogP contribution in [0.2, 0.25) is 0 Å². The number of nitrogens with one attached hydrogen (secondary N) is 1. The third-order valence-electron chi connectivity index (χ3n) is 5.79. The lowest BCUT2D eigenvalue weighted by molar-refractivity contribution is -0.124. The molecule has 1 N–H and O–H groups in total. The van der Waals surface area contributed by atoms with Crippen LogP contribution < -0.4 is 14.8 Å². The molecule has 2 fully saturated rings. The summed E-state index contributed by atoms with van der Waals surface area (Å²) in [6.07, 6.45) is 9.52. The molecule has 3 atom stereocenters. The second-order valence-corrected chi connectivity index (χ2v) is 9.27. The molecule has 8 heteroatoms. The second-order valence-electron chi connectivity index (χ2n) is 7.43. The first kappa shape index (κ1) is 19.1. The summed E-state index contributed by atoms with van der Waals surface area (Å²) in [6.45, 7) is 0.900. The third kappa shape index (κ3) is 3.33. The highest BCUT2D eigenvalue weighted by Gasteiger charge is 2.51. The molecule has 2 heterocycles. The minimum Gasteiger partial charge on any atom is -0.486 e. The van der Waals surface area contributed by atoms with E-state index in [0.717, 1.165) is 25.7 Å². The monoisotopic (exact) mass is 404 g/mol. The fraction of sp³-hybridized carbons (Fsp3) is 0.550. The average Bonchev–Trinajstić information content (AvgIpc) is 3.12. The zero-order valence-corrected chi connectivity index (χ0v) is 16.4. The zero-order valence-electron chi connectivity index (χ0n) is 15.6. The molecule has 1 saturated heterocycles. The molecule has 3 aliphatic rings. The molecule has 0 aromatic heterocycles. The Kier molecular flexibility index (Phi) is 5.21. The van der Waals surface area contributed by atoms with E-state index in [1.54, 1.807) is 6.07 Å². The number of hydrogen-bond donors (Lipinski definition) is 1. The Balaban J connectivity index is 1.70. The second kappa shape index (κ2) is 7.64. The molecule has 28 heavy (non-hydrogen) atoms. The third-order valence-corrected chi connectivity index (χ3v) is 7.72. The Labute approximate surface area is 165 Å². The smallest absolute Gasteiger partial charge is 0.244 e. The van der Waals surface area contributed by atoms with Gasteiger partial charge in [0.1, 0.15) is 19.3 Å². The van der Waals surface area contributed by atoms with Gasteiger partial charge in [-0.2, -0.15) is 4.31 Å². The standard InChI is InChI=1S/C20H24N2O5S/c1-2-9-21-20(23)17-12-14-5-3-4-6-16(14)22(17)28(24,25)15-7-8-18-19(13-15)27-11-10-26-18/h1,7-8,13-14,16-17H,3-6,9-12H2,(H,21,23)/t14-,16-,17+/m1/s1. The number of carbonyl (C=O) groups is 1. The summed E-state index contributed by atoms with van der Waals surface area (Å²) in [5, 5.41) is 2.66. The summed E-state index contributed by atoms with van der Waals surface area (Å²) in [5.41, 5.74) is 0. The fourth-order valence-electron chi connectivity index (χ4n) is 4.55. The molecular weight excluding hydrogens is 380 g/mol. The summed E-state index contributed by atoms with van der Waals surface area (Å²) in [7, 11) is -3.88. The topological polar surface area (TPSA) is 84.9 Å². The zero-order chi connectivity index (χ0) is 19.7. The van der Waals surface area contributed by atoms with Crippen LogP contribution in [0.5, 0.6) is 11.5 Å². The molecule has 2 aliphatic heterocycles. The van der Waals surface area contributed by atoms with E-state index in [1.165, 1.54) is 16.4 Å². The molecule has 0 bridgehead atoms. The predicted octanol–water partition coefficient (Wildman–Crippen LogP) is 1.53. The Morgan fingerprint density at radius 1 is 1.21 bits per heavy atom. The molecule has 4 rings (SSSR count). The Morgan fingerprint density at radius 2 is 1.96 bits per heavy atom. The van der Waals surface area contributed by atoms with Gasteiger partial charge in [0.15, 0.2) is 11.5 Å². The van der Waals surface area contributed by atoms with Crippen LogP contribution in [0.25, 0.3) is 0 Å². The average molecular weight is 404 g/mol. The molecule has 0 unspecified atom stereocenters. The minimum atomic E-state index is -3.88. The van der Waals surface area contributed by atoms with Crippen molar-refractivity contribution in [3.05, 3.63) is 18.2 Å². The van der Waals surface area contributed by atoms with Crippen LogP contribution >= 0.6 is 0 Å². The van der Waals surface area contributed by atoms with Gasteiger partial charge in [-0.15, -0.1) is 6.42 Å². The summed E-state index contributed by atoms with van der Waals surface area (Å²) in [5.74, 6) is 3.19. The van der Waals surface area contributed by atoms with E-state index >= 15 is 0 Å². The van der Waals surface area contributed by atoms with E-state index in [2.05, 4.69) is 11.2 Å². The van der Waals surface area contributed by atoms with E-state index < -0.39 is 16.1 Å². The van der Waals surface area contributed by atoms with Gasteiger partial charge in [-0.1, -0.05) is 18.8 Å². The summed E-state index contributed by atoms with van der Waals surface area (Å²) in [6, 6.07) is 3.74. The number of benzene rings is 1. The number of carbonyl (C=O) groups excluding carboxylic acids is 1. The molecule has 0 radical (unpaired) electrons. The molecule has 0 spiro atoms. The van der Waals surface area contributed by atoms with Gasteiger partial charge in [0.2, 0.25) is 15.9 Å². The van der Waals surface area contributed by atoms with E-state index in [4.69, 9.17) is 15.9 Å². The summed E-state index contributed by atoms with van der Waals surface area (Å²) >= 11 is 0. The molecule has 1 amide bonds. The lowest BCUT2D eigenvalue weighted by Gasteiger charge is -2.32. The number of amides is 1. The minimum absolute atomic E-state index is 0.0859.